The number of ether oxygens (including phenoxy) is 1. The van der Waals surface area contributed by atoms with Crippen LogP contribution in [0.5, 0.6) is 5.75 Å². The summed E-state index contributed by atoms with van der Waals surface area (Å²) in [6.45, 7) is 4.02. The van der Waals surface area contributed by atoms with Crippen LogP contribution in [0.2, 0.25) is 0 Å². The number of carbonyl (C=O) groups is 2. The summed E-state index contributed by atoms with van der Waals surface area (Å²) in [5.74, 6) is -0.0401. The summed E-state index contributed by atoms with van der Waals surface area (Å²) in [5.41, 5.74) is 1.29. The summed E-state index contributed by atoms with van der Waals surface area (Å²) in [5, 5.41) is 7.06. The predicted octanol–water partition coefficient (Wildman–Crippen LogP) is 1.37. The van der Waals surface area contributed by atoms with Crippen molar-refractivity contribution in [3.05, 3.63) is 45.0 Å². The zero-order valence-electron chi connectivity index (χ0n) is 13.5. The Hall–Kier alpha value is -2.61. The second-order valence-electron chi connectivity index (χ2n) is 5.05. The highest BCUT2D eigenvalue weighted by molar-refractivity contribution is 7.07. The maximum absolute atomic E-state index is 12.1. The van der Waals surface area contributed by atoms with Gasteiger partial charge in [0.05, 0.1) is 0 Å². The van der Waals surface area contributed by atoms with Gasteiger partial charge in [-0.05, 0) is 26.0 Å². The molecule has 0 atom stereocenters. The number of carbonyl (C=O) groups excluding carboxylic acids is 2. The molecule has 8 heteroatoms. The van der Waals surface area contributed by atoms with Gasteiger partial charge in [-0.15, -0.1) is 0 Å². The number of anilines is 1. The molecule has 0 bridgehead atoms. The summed E-state index contributed by atoms with van der Waals surface area (Å²) in [6, 6.07) is 6.74. The average Bonchev–Trinajstić information content (AvgIpc) is 2.85. The van der Waals surface area contributed by atoms with Gasteiger partial charge in [0.25, 0.3) is 5.91 Å². The Kier molecular flexibility index (Phi) is 6.14. The van der Waals surface area contributed by atoms with Crippen molar-refractivity contribution in [2.24, 2.45) is 0 Å². The molecule has 0 saturated heterocycles. The molecule has 7 nitrogen and oxygen atoms in total. The zero-order chi connectivity index (χ0) is 17.5. The van der Waals surface area contributed by atoms with Gasteiger partial charge in [0.15, 0.2) is 6.61 Å². The number of amides is 2. The first kappa shape index (κ1) is 17.7. The number of nitrogens with one attached hydrogen (secondary N) is 2. The Morgan fingerprint density at radius 3 is 2.75 bits per heavy atom. The fourth-order valence-corrected chi connectivity index (χ4v) is 2.74. The van der Waals surface area contributed by atoms with Crippen molar-refractivity contribution in [2.45, 2.75) is 20.4 Å². The van der Waals surface area contributed by atoms with Gasteiger partial charge in [-0.2, -0.15) is 0 Å². The minimum atomic E-state index is -0.306. The number of rotatable bonds is 7. The summed E-state index contributed by atoms with van der Waals surface area (Å²) in [6.07, 6.45) is 0. The second-order valence-corrected chi connectivity index (χ2v) is 5.87. The lowest BCUT2D eigenvalue weighted by Gasteiger charge is -2.10. The van der Waals surface area contributed by atoms with Gasteiger partial charge in [0, 0.05) is 29.4 Å². The zero-order valence-corrected chi connectivity index (χ0v) is 14.3. The normalized spacial score (nSPS) is 10.2. The Bertz CT molecular complexity index is 782. The first-order valence-electron chi connectivity index (χ1n) is 7.44. The summed E-state index contributed by atoms with van der Waals surface area (Å²) in [4.78, 5) is 34.9. The third-order valence-corrected chi connectivity index (χ3v) is 4.02. The number of hydrogen-bond donors (Lipinski definition) is 2. The number of benzene rings is 1. The van der Waals surface area contributed by atoms with Crippen molar-refractivity contribution in [1.82, 2.24) is 9.88 Å². The van der Waals surface area contributed by atoms with E-state index < -0.39 is 0 Å². The molecule has 0 fully saturated rings. The molecule has 0 aliphatic rings. The maximum Gasteiger partial charge on any atom is 0.307 e. The molecule has 2 amide bonds. The van der Waals surface area contributed by atoms with Gasteiger partial charge >= 0.3 is 4.87 Å². The lowest BCUT2D eigenvalue weighted by Crippen LogP contribution is -2.28. The second kappa shape index (κ2) is 8.30. The van der Waals surface area contributed by atoms with E-state index in [-0.39, 0.29) is 29.8 Å². The van der Waals surface area contributed by atoms with Crippen LogP contribution in [0, 0.1) is 6.92 Å². The molecule has 24 heavy (non-hydrogen) atoms. The summed E-state index contributed by atoms with van der Waals surface area (Å²) in [7, 11) is 0. The Balaban J connectivity index is 1.95. The number of aromatic nitrogens is 1. The first-order valence-corrected chi connectivity index (χ1v) is 8.32. The maximum atomic E-state index is 12.1. The Labute approximate surface area is 143 Å². The van der Waals surface area contributed by atoms with E-state index in [2.05, 4.69) is 10.6 Å². The molecule has 0 unspecified atom stereocenters. The van der Waals surface area contributed by atoms with Crippen LogP contribution in [0.15, 0.2) is 34.4 Å². The van der Waals surface area contributed by atoms with Gasteiger partial charge < -0.3 is 15.4 Å². The molecule has 2 N–H and O–H groups in total. The third-order valence-electron chi connectivity index (χ3n) is 3.14. The number of nitrogens with zero attached hydrogens (tertiary/aromatic N) is 1. The van der Waals surface area contributed by atoms with Crippen LogP contribution >= 0.6 is 11.3 Å². The number of hydrogen-bond acceptors (Lipinski definition) is 5. The van der Waals surface area contributed by atoms with E-state index in [1.807, 2.05) is 6.92 Å². The first-order chi connectivity index (χ1) is 11.5. The molecule has 2 aromatic rings. The van der Waals surface area contributed by atoms with Crippen LogP contribution in [0.3, 0.4) is 0 Å². The van der Waals surface area contributed by atoms with Crippen LogP contribution in [0.1, 0.15) is 12.6 Å². The molecule has 2 rings (SSSR count). The monoisotopic (exact) mass is 349 g/mol. The number of thiazole rings is 1. The minimum absolute atomic E-state index is 0.0435. The van der Waals surface area contributed by atoms with Crippen molar-refractivity contribution in [3.63, 3.8) is 0 Å². The fraction of sp³-hybridized carbons (Fsp3) is 0.312. The Morgan fingerprint density at radius 1 is 1.29 bits per heavy atom. The highest BCUT2D eigenvalue weighted by atomic mass is 32.1. The third kappa shape index (κ3) is 4.95. The van der Waals surface area contributed by atoms with Crippen molar-refractivity contribution in [3.8, 4) is 5.75 Å². The average molecular weight is 349 g/mol. The molecule has 0 spiro atoms. The quantitative estimate of drug-likeness (QED) is 0.790. The number of likely N-dealkylation sites (N-methyl/N-ethyl adjacent to an activating group) is 1. The van der Waals surface area contributed by atoms with E-state index in [1.165, 1.54) is 4.57 Å². The molecule has 0 aliphatic carbocycles. The molecule has 0 radical (unpaired) electrons. The SMILES string of the molecule is CCNC(=O)COc1cccc(NC(=O)Cn2c(C)csc2=O)c1. The van der Waals surface area contributed by atoms with Crippen molar-refractivity contribution in [2.75, 3.05) is 18.5 Å². The van der Waals surface area contributed by atoms with Gasteiger partial charge in [-0.3, -0.25) is 19.0 Å². The molecule has 0 saturated carbocycles. The Morgan fingerprint density at radius 2 is 2.08 bits per heavy atom. The van der Waals surface area contributed by atoms with Crippen LogP contribution in [0.25, 0.3) is 0 Å². The minimum Gasteiger partial charge on any atom is -0.484 e. The van der Waals surface area contributed by atoms with Crippen LogP contribution < -0.4 is 20.2 Å². The van der Waals surface area contributed by atoms with E-state index in [4.69, 9.17) is 4.74 Å². The van der Waals surface area contributed by atoms with Gasteiger partial charge in [0.2, 0.25) is 5.91 Å². The fourth-order valence-electron chi connectivity index (χ4n) is 2.00. The lowest BCUT2D eigenvalue weighted by atomic mass is 10.3. The summed E-state index contributed by atoms with van der Waals surface area (Å²) >= 11 is 1.06. The number of aryl methyl sites for hydroxylation is 1. The van der Waals surface area contributed by atoms with Crippen molar-refractivity contribution >= 4 is 28.8 Å². The molecule has 128 valence electrons. The summed E-state index contributed by atoms with van der Waals surface area (Å²) < 4.78 is 6.78. The van der Waals surface area contributed by atoms with Crippen molar-refractivity contribution < 1.29 is 14.3 Å². The van der Waals surface area contributed by atoms with Gasteiger partial charge in [0.1, 0.15) is 12.3 Å². The lowest BCUT2D eigenvalue weighted by molar-refractivity contribution is -0.123. The largest absolute Gasteiger partial charge is 0.484 e. The molecular formula is C16H19N3O4S. The van der Waals surface area contributed by atoms with Gasteiger partial charge in [-0.1, -0.05) is 17.4 Å². The van der Waals surface area contributed by atoms with E-state index >= 15 is 0 Å². The molecular weight excluding hydrogens is 330 g/mol. The topological polar surface area (TPSA) is 89.4 Å². The molecule has 0 aliphatic heterocycles. The van der Waals surface area contributed by atoms with Gasteiger partial charge in [-0.25, -0.2) is 0 Å². The van der Waals surface area contributed by atoms with E-state index in [0.29, 0.717) is 18.0 Å². The van der Waals surface area contributed by atoms with Crippen LogP contribution in [-0.2, 0) is 16.1 Å². The van der Waals surface area contributed by atoms with E-state index in [1.54, 1.807) is 36.6 Å². The highest BCUT2D eigenvalue weighted by Crippen LogP contribution is 2.17. The van der Waals surface area contributed by atoms with Crippen LogP contribution in [0.4, 0.5) is 5.69 Å². The smallest absolute Gasteiger partial charge is 0.307 e. The van der Waals surface area contributed by atoms with E-state index in [9.17, 15) is 14.4 Å². The molecule has 1 aromatic carbocycles. The predicted molar refractivity (Wildman–Crippen MR) is 92.6 cm³/mol. The molecule has 1 aromatic heterocycles. The van der Waals surface area contributed by atoms with E-state index in [0.717, 1.165) is 17.0 Å². The standard InChI is InChI=1S/C16H19N3O4S/c1-3-17-15(21)9-23-13-6-4-5-12(7-13)18-14(20)8-19-11(2)10-24-16(19)22/h4-7,10H,3,8-9H2,1-2H3,(H,17,21)(H,18,20). The molecule has 1 heterocycles. The van der Waals surface area contributed by atoms with Crippen LogP contribution in [-0.4, -0.2) is 29.5 Å². The van der Waals surface area contributed by atoms with Crippen molar-refractivity contribution in [1.29, 1.82) is 0 Å². The highest BCUT2D eigenvalue weighted by Gasteiger charge is 2.09.